The van der Waals surface area contributed by atoms with Gasteiger partial charge >= 0.3 is 0 Å². The van der Waals surface area contributed by atoms with Crippen LogP contribution in [0.3, 0.4) is 0 Å². The van der Waals surface area contributed by atoms with Gasteiger partial charge in [-0.1, -0.05) is 30.3 Å². The number of rotatable bonds is 3. The first-order valence-electron chi connectivity index (χ1n) is 5.57. The smallest absolute Gasteiger partial charge is 0.127 e. The molecule has 0 aliphatic rings. The molecule has 0 aliphatic carbocycles. The number of benzene rings is 2. The van der Waals surface area contributed by atoms with Gasteiger partial charge in [-0.15, -0.1) is 0 Å². The second-order valence-electron chi connectivity index (χ2n) is 3.59. The highest BCUT2D eigenvalue weighted by atomic mass is 16.5. The summed E-state index contributed by atoms with van der Waals surface area (Å²) in [5.74, 6) is 0.817. The van der Waals surface area contributed by atoms with Crippen LogP contribution in [0.5, 0.6) is 5.75 Å². The van der Waals surface area contributed by atoms with Crippen LogP contribution in [0.4, 0.5) is 0 Å². The third-order valence-electron chi connectivity index (χ3n) is 2.56. The van der Waals surface area contributed by atoms with Crippen molar-refractivity contribution >= 4 is 16.8 Å². The summed E-state index contributed by atoms with van der Waals surface area (Å²) in [7, 11) is 0. The van der Waals surface area contributed by atoms with Gasteiger partial charge < -0.3 is 4.74 Å². The van der Waals surface area contributed by atoms with E-state index in [4.69, 9.17) is 10.00 Å². The van der Waals surface area contributed by atoms with Gasteiger partial charge in [0.2, 0.25) is 0 Å². The molecule has 2 heteroatoms. The van der Waals surface area contributed by atoms with E-state index in [0.717, 1.165) is 22.1 Å². The fourth-order valence-electron chi connectivity index (χ4n) is 1.85. The lowest BCUT2D eigenvalue weighted by molar-refractivity contribution is 0.340. The van der Waals surface area contributed by atoms with Crippen LogP contribution in [-0.4, -0.2) is 6.61 Å². The summed E-state index contributed by atoms with van der Waals surface area (Å²) in [6.45, 7) is 2.57. The highest BCUT2D eigenvalue weighted by Crippen LogP contribution is 2.29. The molecule has 0 atom stereocenters. The van der Waals surface area contributed by atoms with Crippen LogP contribution < -0.4 is 4.74 Å². The van der Waals surface area contributed by atoms with Crippen molar-refractivity contribution < 1.29 is 4.74 Å². The van der Waals surface area contributed by atoms with Crippen LogP contribution in [0.25, 0.3) is 16.8 Å². The quantitative estimate of drug-likeness (QED) is 0.742. The van der Waals surface area contributed by atoms with Crippen molar-refractivity contribution in [3.63, 3.8) is 0 Å². The minimum atomic E-state index is 0.617. The highest BCUT2D eigenvalue weighted by molar-refractivity contribution is 5.93. The molecule has 17 heavy (non-hydrogen) atoms. The average Bonchev–Trinajstić information content (AvgIpc) is 2.37. The standard InChI is InChI=1S/C15H13NO/c1-2-17-15-10-9-12-6-3-4-7-13(12)14(15)8-5-11-16/h3-10H,2H2,1H3/b8-5+. The molecule has 84 valence electrons. The van der Waals surface area contributed by atoms with Crippen LogP contribution in [0.15, 0.2) is 42.5 Å². The molecule has 0 heterocycles. The van der Waals surface area contributed by atoms with Gasteiger partial charge in [-0.2, -0.15) is 5.26 Å². The van der Waals surface area contributed by atoms with Crippen molar-refractivity contribution in [3.05, 3.63) is 48.0 Å². The third-order valence-corrected chi connectivity index (χ3v) is 2.56. The zero-order valence-corrected chi connectivity index (χ0v) is 9.68. The van der Waals surface area contributed by atoms with E-state index in [2.05, 4.69) is 6.07 Å². The predicted octanol–water partition coefficient (Wildman–Crippen LogP) is 3.78. The van der Waals surface area contributed by atoms with Gasteiger partial charge in [0.1, 0.15) is 5.75 Å². The Labute approximate surface area is 101 Å². The fourth-order valence-corrected chi connectivity index (χ4v) is 1.85. The summed E-state index contributed by atoms with van der Waals surface area (Å²) in [6, 6.07) is 14.1. The Bertz CT molecular complexity index is 593. The maximum atomic E-state index is 8.64. The molecule has 2 nitrogen and oxygen atoms in total. The predicted molar refractivity (Wildman–Crippen MR) is 69.8 cm³/mol. The number of hydrogen-bond acceptors (Lipinski definition) is 2. The molecule has 2 aromatic rings. The number of fused-ring (bicyclic) bond motifs is 1. The summed E-state index contributed by atoms with van der Waals surface area (Å²) in [4.78, 5) is 0. The van der Waals surface area contributed by atoms with Gasteiger partial charge in [0.05, 0.1) is 12.7 Å². The summed E-state index contributed by atoms with van der Waals surface area (Å²) >= 11 is 0. The lowest BCUT2D eigenvalue weighted by Gasteiger charge is -2.10. The molecule has 2 rings (SSSR count). The van der Waals surface area contributed by atoms with Crippen molar-refractivity contribution in [1.29, 1.82) is 5.26 Å². The molecule has 0 aliphatic heterocycles. The third kappa shape index (κ3) is 2.29. The van der Waals surface area contributed by atoms with E-state index < -0.39 is 0 Å². The Kier molecular flexibility index (Phi) is 3.42. The maximum absolute atomic E-state index is 8.64. The monoisotopic (exact) mass is 223 g/mol. The molecule has 2 aromatic carbocycles. The zero-order valence-electron chi connectivity index (χ0n) is 9.68. The molecule has 0 aromatic heterocycles. The van der Waals surface area contributed by atoms with Crippen LogP contribution in [0.1, 0.15) is 12.5 Å². The van der Waals surface area contributed by atoms with Crippen LogP contribution in [-0.2, 0) is 0 Å². The molecule has 0 saturated heterocycles. The van der Waals surface area contributed by atoms with Crippen molar-refractivity contribution in [3.8, 4) is 11.8 Å². The van der Waals surface area contributed by atoms with Crippen LogP contribution in [0, 0.1) is 11.3 Å². The van der Waals surface area contributed by atoms with Gasteiger partial charge in [0.25, 0.3) is 0 Å². The van der Waals surface area contributed by atoms with Crippen molar-refractivity contribution in [1.82, 2.24) is 0 Å². The Morgan fingerprint density at radius 1 is 1.24 bits per heavy atom. The number of allylic oxidation sites excluding steroid dienone is 1. The number of nitriles is 1. The van der Waals surface area contributed by atoms with E-state index in [1.54, 1.807) is 6.08 Å². The molecule has 0 unspecified atom stereocenters. The topological polar surface area (TPSA) is 33.0 Å². The van der Waals surface area contributed by atoms with Gasteiger partial charge in [-0.25, -0.2) is 0 Å². The molecule has 0 spiro atoms. The van der Waals surface area contributed by atoms with E-state index in [0.29, 0.717) is 6.61 Å². The minimum absolute atomic E-state index is 0.617. The fraction of sp³-hybridized carbons (Fsp3) is 0.133. The number of ether oxygens (including phenoxy) is 1. The summed E-state index contributed by atoms with van der Waals surface area (Å²) in [5.41, 5.74) is 0.964. The van der Waals surface area contributed by atoms with Gasteiger partial charge in [-0.05, 0) is 29.8 Å². The zero-order chi connectivity index (χ0) is 12.1. The average molecular weight is 223 g/mol. The Balaban J connectivity index is 2.66. The molecular weight excluding hydrogens is 210 g/mol. The van der Waals surface area contributed by atoms with Gasteiger partial charge in [-0.3, -0.25) is 0 Å². The molecular formula is C15H13NO. The summed E-state index contributed by atoms with van der Waals surface area (Å²) < 4.78 is 5.58. The number of nitrogens with zero attached hydrogens (tertiary/aromatic N) is 1. The van der Waals surface area contributed by atoms with Crippen molar-refractivity contribution in [2.75, 3.05) is 6.61 Å². The minimum Gasteiger partial charge on any atom is -0.493 e. The second kappa shape index (κ2) is 5.18. The van der Waals surface area contributed by atoms with E-state index in [1.807, 2.05) is 43.3 Å². The van der Waals surface area contributed by atoms with Gasteiger partial charge in [0.15, 0.2) is 0 Å². The second-order valence-corrected chi connectivity index (χ2v) is 3.59. The molecule has 0 fully saturated rings. The van der Waals surface area contributed by atoms with Crippen LogP contribution >= 0.6 is 0 Å². The van der Waals surface area contributed by atoms with E-state index in [1.165, 1.54) is 6.08 Å². The maximum Gasteiger partial charge on any atom is 0.127 e. The Morgan fingerprint density at radius 2 is 2.06 bits per heavy atom. The Morgan fingerprint density at radius 3 is 2.82 bits per heavy atom. The van der Waals surface area contributed by atoms with Crippen molar-refractivity contribution in [2.45, 2.75) is 6.92 Å². The molecule has 0 bridgehead atoms. The number of hydrogen-bond donors (Lipinski definition) is 0. The molecule has 0 N–H and O–H groups in total. The van der Waals surface area contributed by atoms with Crippen LogP contribution in [0.2, 0.25) is 0 Å². The molecule has 0 saturated carbocycles. The SMILES string of the molecule is CCOc1ccc2ccccc2c1/C=C/C#N. The first-order valence-corrected chi connectivity index (χ1v) is 5.57. The van der Waals surface area contributed by atoms with E-state index >= 15 is 0 Å². The van der Waals surface area contributed by atoms with E-state index in [9.17, 15) is 0 Å². The normalized spacial score (nSPS) is 10.6. The Hall–Kier alpha value is -2.27. The van der Waals surface area contributed by atoms with E-state index in [-0.39, 0.29) is 0 Å². The largest absolute Gasteiger partial charge is 0.493 e. The summed E-state index contributed by atoms with van der Waals surface area (Å²) in [5, 5.41) is 10.9. The first kappa shape index (κ1) is 11.2. The summed E-state index contributed by atoms with van der Waals surface area (Å²) in [6.07, 6.45) is 3.28. The van der Waals surface area contributed by atoms with Gasteiger partial charge in [0, 0.05) is 11.6 Å². The lowest BCUT2D eigenvalue weighted by atomic mass is 10.0. The lowest BCUT2D eigenvalue weighted by Crippen LogP contribution is -1.94. The molecule has 0 amide bonds. The van der Waals surface area contributed by atoms with Crippen molar-refractivity contribution in [2.24, 2.45) is 0 Å². The first-order chi connectivity index (χ1) is 8.36. The molecule has 0 radical (unpaired) electrons. The highest BCUT2D eigenvalue weighted by Gasteiger charge is 2.05.